The highest BCUT2D eigenvalue weighted by Crippen LogP contribution is 2.50. The average molecular weight is 595 g/mol. The van der Waals surface area contributed by atoms with Crippen LogP contribution in [0.25, 0.3) is 5.57 Å². The van der Waals surface area contributed by atoms with Crippen molar-refractivity contribution in [3.63, 3.8) is 0 Å². The number of fused-ring (bicyclic) bond motifs is 2. The van der Waals surface area contributed by atoms with Gasteiger partial charge in [-0.15, -0.1) is 23.5 Å². The number of carbonyl (C=O) groups is 1. The van der Waals surface area contributed by atoms with Gasteiger partial charge in [0.2, 0.25) is 0 Å². The average Bonchev–Trinajstić information content (AvgIpc) is 3.42. The highest BCUT2D eigenvalue weighted by molar-refractivity contribution is 8.01. The number of benzene rings is 4. The maximum atomic E-state index is 13.0. The monoisotopic (exact) mass is 594 g/mol. The van der Waals surface area contributed by atoms with Gasteiger partial charge in [0.15, 0.2) is 34.9 Å². The van der Waals surface area contributed by atoms with Crippen molar-refractivity contribution in [2.45, 2.75) is 35.4 Å². The van der Waals surface area contributed by atoms with E-state index in [9.17, 15) is 4.79 Å². The molecule has 3 aliphatic rings. The molecular weight excluding hydrogens is 565 g/mol. The summed E-state index contributed by atoms with van der Waals surface area (Å²) in [6.45, 7) is 2.47. The van der Waals surface area contributed by atoms with Gasteiger partial charge in [0.25, 0.3) is 6.29 Å². The Hall–Kier alpha value is -3.81. The van der Waals surface area contributed by atoms with Gasteiger partial charge in [-0.25, -0.2) is 0 Å². The van der Waals surface area contributed by atoms with Gasteiger partial charge in [-0.3, -0.25) is 4.79 Å². The summed E-state index contributed by atoms with van der Waals surface area (Å²) >= 11 is 3.56. The minimum atomic E-state index is -0.308. The molecule has 4 atom stereocenters. The summed E-state index contributed by atoms with van der Waals surface area (Å²) in [4.78, 5) is 14.1. The number of carbonyl (C=O) groups excluding carboxylic acids is 1. The highest BCUT2D eigenvalue weighted by atomic mass is 32.2. The van der Waals surface area contributed by atoms with Crippen molar-refractivity contribution in [3.05, 3.63) is 119 Å². The van der Waals surface area contributed by atoms with Crippen molar-refractivity contribution >= 4 is 34.9 Å². The Bertz CT molecular complexity index is 1670. The Morgan fingerprint density at radius 2 is 1.57 bits per heavy atom. The fraction of sp³-hybridized carbons (Fsp3) is 0.229. The van der Waals surface area contributed by atoms with Crippen LogP contribution in [0.3, 0.4) is 0 Å². The third-order valence-corrected chi connectivity index (χ3v) is 10.1. The summed E-state index contributed by atoms with van der Waals surface area (Å²) in [6.07, 6.45) is 3.58. The number of ketones is 1. The van der Waals surface area contributed by atoms with E-state index in [4.69, 9.17) is 18.9 Å². The van der Waals surface area contributed by atoms with Gasteiger partial charge < -0.3 is 18.9 Å². The molecule has 0 aromatic heterocycles. The van der Waals surface area contributed by atoms with Gasteiger partial charge in [-0.2, -0.15) is 0 Å². The molecule has 0 spiro atoms. The fourth-order valence-electron chi connectivity index (χ4n) is 5.53. The van der Waals surface area contributed by atoms with E-state index in [1.807, 2.05) is 85.4 Å². The van der Waals surface area contributed by atoms with Crippen LogP contribution >= 0.6 is 23.5 Å². The maximum absolute atomic E-state index is 13.0. The van der Waals surface area contributed by atoms with Crippen LogP contribution in [0.5, 0.6) is 23.0 Å². The number of thioether (sulfide) groups is 2. The van der Waals surface area contributed by atoms with Crippen LogP contribution < -0.4 is 18.9 Å². The molecule has 7 rings (SSSR count). The predicted molar refractivity (Wildman–Crippen MR) is 169 cm³/mol. The molecule has 42 heavy (non-hydrogen) atoms. The van der Waals surface area contributed by atoms with Crippen molar-refractivity contribution in [2.24, 2.45) is 0 Å². The lowest BCUT2D eigenvalue weighted by atomic mass is 9.95. The first-order valence-electron chi connectivity index (χ1n) is 14.0. The van der Waals surface area contributed by atoms with Crippen LogP contribution in [0.2, 0.25) is 0 Å². The molecule has 0 bridgehead atoms. The molecule has 7 heteroatoms. The second kappa shape index (κ2) is 11.5. The first kappa shape index (κ1) is 27.0. The highest BCUT2D eigenvalue weighted by Gasteiger charge is 2.44. The molecular formula is C35H30O5S2. The smallest absolute Gasteiger partial charge is 0.253 e. The maximum Gasteiger partial charge on any atom is 0.253 e. The SMILES string of the molecule is CSc1ccc2c(c1)OC(C1SCC1c1ccc3c(c1)OC(/C=C(\C)c1cccc(C(=O)c4ccccc4)c1)CO3)O2. The van der Waals surface area contributed by atoms with Crippen LogP contribution in [-0.2, 0) is 0 Å². The Morgan fingerprint density at radius 3 is 2.38 bits per heavy atom. The molecule has 1 saturated heterocycles. The van der Waals surface area contributed by atoms with E-state index in [1.165, 1.54) is 5.56 Å². The zero-order chi connectivity index (χ0) is 28.6. The van der Waals surface area contributed by atoms with E-state index in [1.54, 1.807) is 11.8 Å². The van der Waals surface area contributed by atoms with Gasteiger partial charge in [-0.1, -0.05) is 54.6 Å². The third kappa shape index (κ3) is 5.27. The summed E-state index contributed by atoms with van der Waals surface area (Å²) in [5, 5.41) is 0.196. The first-order valence-corrected chi connectivity index (χ1v) is 16.3. The van der Waals surface area contributed by atoms with E-state index in [0.29, 0.717) is 23.7 Å². The van der Waals surface area contributed by atoms with E-state index in [2.05, 4.69) is 36.6 Å². The topological polar surface area (TPSA) is 54.0 Å². The molecule has 212 valence electrons. The zero-order valence-corrected chi connectivity index (χ0v) is 25.0. The Morgan fingerprint density at radius 1 is 0.810 bits per heavy atom. The molecule has 3 aliphatic heterocycles. The number of hydrogen-bond acceptors (Lipinski definition) is 7. The van der Waals surface area contributed by atoms with Gasteiger partial charge in [0, 0.05) is 27.7 Å². The van der Waals surface area contributed by atoms with Crippen LogP contribution in [0, 0.1) is 0 Å². The van der Waals surface area contributed by atoms with Gasteiger partial charge in [0.05, 0.1) is 5.25 Å². The minimum absolute atomic E-state index is 0.0124. The minimum Gasteiger partial charge on any atom is -0.485 e. The molecule has 4 unspecified atom stereocenters. The summed E-state index contributed by atoms with van der Waals surface area (Å²) in [6, 6.07) is 29.5. The fourth-order valence-corrected chi connectivity index (χ4v) is 7.18. The second-order valence-electron chi connectivity index (χ2n) is 10.6. The lowest BCUT2D eigenvalue weighted by molar-refractivity contribution is 0.0392. The summed E-state index contributed by atoms with van der Waals surface area (Å²) in [5.41, 5.74) is 4.55. The van der Waals surface area contributed by atoms with Crippen LogP contribution in [0.1, 0.15) is 39.9 Å². The quantitative estimate of drug-likeness (QED) is 0.159. The Balaban J connectivity index is 1.04. The van der Waals surface area contributed by atoms with Crippen LogP contribution in [-0.4, -0.2) is 42.0 Å². The van der Waals surface area contributed by atoms with Crippen LogP contribution in [0.4, 0.5) is 0 Å². The molecule has 0 amide bonds. The number of ether oxygens (including phenoxy) is 4. The van der Waals surface area contributed by atoms with E-state index in [0.717, 1.165) is 44.8 Å². The molecule has 3 heterocycles. The summed E-state index contributed by atoms with van der Waals surface area (Å²) < 4.78 is 24.9. The molecule has 5 nitrogen and oxygen atoms in total. The molecule has 0 aliphatic carbocycles. The van der Waals surface area contributed by atoms with Crippen molar-refractivity contribution in [3.8, 4) is 23.0 Å². The second-order valence-corrected chi connectivity index (χ2v) is 12.7. The van der Waals surface area contributed by atoms with Crippen molar-refractivity contribution in [1.29, 1.82) is 0 Å². The molecule has 0 N–H and O–H groups in total. The summed E-state index contributed by atoms with van der Waals surface area (Å²) in [7, 11) is 0. The molecule has 0 radical (unpaired) electrons. The van der Waals surface area contributed by atoms with E-state index >= 15 is 0 Å². The van der Waals surface area contributed by atoms with Crippen LogP contribution in [0.15, 0.2) is 102 Å². The van der Waals surface area contributed by atoms with E-state index < -0.39 is 0 Å². The van der Waals surface area contributed by atoms with Crippen molar-refractivity contribution < 1.29 is 23.7 Å². The first-order chi connectivity index (χ1) is 20.6. The van der Waals surface area contributed by atoms with Gasteiger partial charge in [0.1, 0.15) is 6.61 Å². The largest absolute Gasteiger partial charge is 0.485 e. The molecule has 1 fully saturated rings. The standard InChI is InChI=1S/C35H30O5S2/c1-21(23-9-6-10-25(16-23)33(36)22-7-4-3-5-8-22)15-26-19-37-29-13-11-24(17-31(29)38-26)28-20-42-34(28)35-39-30-14-12-27(41-2)18-32(30)40-35/h3-18,26,28,34-35H,19-20H2,1-2H3/b21-15+. The van der Waals surface area contributed by atoms with Crippen molar-refractivity contribution in [2.75, 3.05) is 18.6 Å². The van der Waals surface area contributed by atoms with Gasteiger partial charge >= 0.3 is 0 Å². The number of hydrogen-bond donors (Lipinski definition) is 0. The predicted octanol–water partition coefficient (Wildman–Crippen LogP) is 7.88. The lowest BCUT2D eigenvalue weighted by Gasteiger charge is -2.38. The van der Waals surface area contributed by atoms with E-state index in [-0.39, 0.29) is 23.4 Å². The molecule has 0 saturated carbocycles. The molecule has 4 aromatic rings. The Labute approximate surface area is 254 Å². The number of rotatable bonds is 7. The zero-order valence-electron chi connectivity index (χ0n) is 23.3. The third-order valence-electron chi connectivity index (χ3n) is 7.90. The van der Waals surface area contributed by atoms with Crippen molar-refractivity contribution in [1.82, 2.24) is 0 Å². The lowest BCUT2D eigenvalue weighted by Crippen LogP contribution is -2.43. The summed E-state index contributed by atoms with van der Waals surface area (Å²) in [5.74, 6) is 4.44. The normalized spacial score (nSPS) is 22.4. The Kier molecular flexibility index (Phi) is 7.38. The molecule has 4 aromatic carbocycles. The number of allylic oxidation sites excluding steroid dienone is 1. The van der Waals surface area contributed by atoms with Gasteiger partial charge in [-0.05, 0) is 72.4 Å².